The molecule has 17 heavy (non-hydrogen) atoms. The molecule has 2 nitrogen and oxygen atoms in total. The van der Waals surface area contributed by atoms with E-state index in [1.165, 1.54) is 19.3 Å². The first kappa shape index (κ1) is 12.6. The molecule has 0 aliphatic heterocycles. The van der Waals surface area contributed by atoms with Crippen molar-refractivity contribution in [1.29, 1.82) is 0 Å². The lowest BCUT2D eigenvalue weighted by atomic mass is 9.85. The molecule has 0 radical (unpaired) electrons. The van der Waals surface area contributed by atoms with E-state index in [4.69, 9.17) is 0 Å². The van der Waals surface area contributed by atoms with Crippen molar-refractivity contribution < 1.29 is 5.11 Å². The third kappa shape index (κ3) is 3.55. The molecule has 1 aromatic carbocycles. The summed E-state index contributed by atoms with van der Waals surface area (Å²) in [6, 6.07) is 9.97. The number of nitrogens with zero attached hydrogens (tertiary/aromatic N) is 1. The smallest absolute Gasteiger partial charge is 0.0916 e. The predicted octanol–water partition coefficient (Wildman–Crippen LogP) is 2.84. The topological polar surface area (TPSA) is 23.5 Å². The van der Waals surface area contributed by atoms with E-state index in [1.54, 1.807) is 0 Å². The molecule has 1 aliphatic rings. The van der Waals surface area contributed by atoms with Crippen LogP contribution in [0.2, 0.25) is 0 Å². The fourth-order valence-corrected chi connectivity index (χ4v) is 2.40. The molecule has 1 aliphatic carbocycles. The standard InChI is InChI=1S/C15H23NO/c1-2-16(11-13-7-6-8-13)12-15(17)14-9-4-3-5-10-14/h3-5,9-10,13,15,17H,2,6-8,11-12H2,1H3. The maximum absolute atomic E-state index is 10.2. The molecule has 0 bridgehead atoms. The molecular weight excluding hydrogens is 210 g/mol. The molecule has 1 atom stereocenters. The summed E-state index contributed by atoms with van der Waals surface area (Å²) in [5, 5.41) is 10.2. The van der Waals surface area contributed by atoms with E-state index in [-0.39, 0.29) is 6.10 Å². The summed E-state index contributed by atoms with van der Waals surface area (Å²) in [6.45, 7) is 5.12. The Labute approximate surface area is 104 Å². The molecule has 1 fully saturated rings. The highest BCUT2D eigenvalue weighted by Crippen LogP contribution is 2.27. The first-order valence-electron chi connectivity index (χ1n) is 6.75. The highest BCUT2D eigenvalue weighted by Gasteiger charge is 2.21. The molecule has 0 amide bonds. The van der Waals surface area contributed by atoms with Crippen LogP contribution in [-0.2, 0) is 0 Å². The van der Waals surface area contributed by atoms with E-state index in [2.05, 4.69) is 11.8 Å². The number of rotatable bonds is 6. The van der Waals surface area contributed by atoms with Crippen LogP contribution >= 0.6 is 0 Å². The van der Waals surface area contributed by atoms with Crippen molar-refractivity contribution in [3.05, 3.63) is 35.9 Å². The van der Waals surface area contributed by atoms with Gasteiger partial charge in [-0.2, -0.15) is 0 Å². The van der Waals surface area contributed by atoms with Crippen LogP contribution in [0.4, 0.5) is 0 Å². The molecule has 1 aromatic rings. The Morgan fingerprint density at radius 2 is 2.00 bits per heavy atom. The molecule has 1 unspecified atom stereocenters. The van der Waals surface area contributed by atoms with E-state index in [0.29, 0.717) is 0 Å². The zero-order valence-electron chi connectivity index (χ0n) is 10.7. The van der Waals surface area contributed by atoms with Gasteiger partial charge in [0.1, 0.15) is 0 Å². The number of aliphatic hydroxyl groups is 1. The van der Waals surface area contributed by atoms with Crippen LogP contribution < -0.4 is 0 Å². The quantitative estimate of drug-likeness (QED) is 0.816. The van der Waals surface area contributed by atoms with Crippen molar-refractivity contribution in [2.24, 2.45) is 5.92 Å². The minimum atomic E-state index is -0.351. The summed E-state index contributed by atoms with van der Waals surface area (Å²) in [7, 11) is 0. The monoisotopic (exact) mass is 233 g/mol. The average Bonchev–Trinajstić information content (AvgIpc) is 2.33. The lowest BCUT2D eigenvalue weighted by Gasteiger charge is -2.32. The number of likely N-dealkylation sites (N-methyl/N-ethyl adjacent to an activating group) is 1. The molecule has 1 N–H and O–H groups in total. The zero-order valence-corrected chi connectivity index (χ0v) is 10.7. The van der Waals surface area contributed by atoms with Gasteiger partial charge in [0.15, 0.2) is 0 Å². The zero-order chi connectivity index (χ0) is 12.1. The summed E-state index contributed by atoms with van der Waals surface area (Å²) in [5.41, 5.74) is 1.03. The maximum Gasteiger partial charge on any atom is 0.0916 e. The molecule has 2 heteroatoms. The molecular formula is C15H23NO. The highest BCUT2D eigenvalue weighted by atomic mass is 16.3. The van der Waals surface area contributed by atoms with Gasteiger partial charge in [-0.1, -0.05) is 43.7 Å². The van der Waals surface area contributed by atoms with Crippen molar-refractivity contribution >= 4 is 0 Å². The summed E-state index contributed by atoms with van der Waals surface area (Å²) < 4.78 is 0. The molecule has 0 aromatic heterocycles. The first-order chi connectivity index (χ1) is 8.29. The molecule has 0 spiro atoms. The van der Waals surface area contributed by atoms with Crippen molar-refractivity contribution in [3.63, 3.8) is 0 Å². The maximum atomic E-state index is 10.2. The van der Waals surface area contributed by atoms with Gasteiger partial charge in [0, 0.05) is 13.1 Å². The van der Waals surface area contributed by atoms with Crippen molar-refractivity contribution in [2.75, 3.05) is 19.6 Å². The third-order valence-electron chi connectivity index (χ3n) is 3.80. The van der Waals surface area contributed by atoms with Gasteiger partial charge in [0.25, 0.3) is 0 Å². The molecule has 1 saturated carbocycles. The second kappa shape index (κ2) is 6.18. The first-order valence-corrected chi connectivity index (χ1v) is 6.75. The molecule has 0 heterocycles. The molecule has 2 rings (SSSR count). The Kier molecular flexibility index (Phi) is 4.57. The fourth-order valence-electron chi connectivity index (χ4n) is 2.40. The Balaban J connectivity index is 1.84. The fraction of sp³-hybridized carbons (Fsp3) is 0.600. The number of hydrogen-bond donors (Lipinski definition) is 1. The highest BCUT2D eigenvalue weighted by molar-refractivity contribution is 5.17. The lowest BCUT2D eigenvalue weighted by Crippen LogP contribution is -2.35. The van der Waals surface area contributed by atoms with E-state index in [9.17, 15) is 5.11 Å². The summed E-state index contributed by atoms with van der Waals surface area (Å²) in [6.07, 6.45) is 3.79. The van der Waals surface area contributed by atoms with Crippen molar-refractivity contribution in [1.82, 2.24) is 4.90 Å². The summed E-state index contributed by atoms with van der Waals surface area (Å²) in [5.74, 6) is 0.873. The van der Waals surface area contributed by atoms with Gasteiger partial charge in [-0.3, -0.25) is 0 Å². The van der Waals surface area contributed by atoms with Gasteiger partial charge in [0.2, 0.25) is 0 Å². The minimum Gasteiger partial charge on any atom is -0.387 e. The van der Waals surface area contributed by atoms with Crippen LogP contribution in [0.3, 0.4) is 0 Å². The normalized spacial score (nSPS) is 18.1. The van der Waals surface area contributed by atoms with E-state index in [0.717, 1.165) is 31.1 Å². The number of hydrogen-bond acceptors (Lipinski definition) is 2. The lowest BCUT2D eigenvalue weighted by molar-refractivity contribution is 0.0941. The summed E-state index contributed by atoms with van der Waals surface area (Å²) >= 11 is 0. The largest absolute Gasteiger partial charge is 0.387 e. The Bertz CT molecular complexity index is 321. The van der Waals surface area contributed by atoms with Crippen molar-refractivity contribution in [3.8, 4) is 0 Å². The van der Waals surface area contributed by atoms with Crippen molar-refractivity contribution in [2.45, 2.75) is 32.3 Å². The van der Waals surface area contributed by atoms with Crippen LogP contribution in [-0.4, -0.2) is 29.6 Å². The Hall–Kier alpha value is -0.860. The van der Waals surface area contributed by atoms with Gasteiger partial charge < -0.3 is 10.0 Å². The second-order valence-electron chi connectivity index (χ2n) is 5.08. The summed E-state index contributed by atoms with van der Waals surface area (Å²) in [4.78, 5) is 2.38. The average molecular weight is 233 g/mol. The minimum absolute atomic E-state index is 0.351. The van der Waals surface area contributed by atoms with Crippen LogP contribution in [0.15, 0.2) is 30.3 Å². The SMILES string of the molecule is CCN(CC1CCC1)CC(O)c1ccccc1. The van der Waals surface area contributed by atoms with Crippen LogP contribution in [0.1, 0.15) is 37.9 Å². The van der Waals surface area contributed by atoms with E-state index in [1.807, 2.05) is 30.3 Å². The van der Waals surface area contributed by atoms with Crippen LogP contribution in [0.5, 0.6) is 0 Å². The Morgan fingerprint density at radius 3 is 2.53 bits per heavy atom. The predicted molar refractivity (Wildman–Crippen MR) is 70.9 cm³/mol. The second-order valence-corrected chi connectivity index (χ2v) is 5.08. The van der Waals surface area contributed by atoms with Gasteiger partial charge in [-0.05, 0) is 30.9 Å². The van der Waals surface area contributed by atoms with Gasteiger partial charge in [-0.25, -0.2) is 0 Å². The Morgan fingerprint density at radius 1 is 1.29 bits per heavy atom. The number of aliphatic hydroxyl groups excluding tert-OH is 1. The van der Waals surface area contributed by atoms with Gasteiger partial charge in [-0.15, -0.1) is 0 Å². The van der Waals surface area contributed by atoms with Gasteiger partial charge >= 0.3 is 0 Å². The van der Waals surface area contributed by atoms with Gasteiger partial charge in [0.05, 0.1) is 6.10 Å². The van der Waals surface area contributed by atoms with E-state index < -0.39 is 0 Å². The third-order valence-corrected chi connectivity index (χ3v) is 3.80. The van der Waals surface area contributed by atoms with Crippen LogP contribution in [0.25, 0.3) is 0 Å². The van der Waals surface area contributed by atoms with E-state index >= 15 is 0 Å². The number of benzene rings is 1. The van der Waals surface area contributed by atoms with Crippen LogP contribution in [0, 0.1) is 5.92 Å². The molecule has 94 valence electrons. The molecule has 0 saturated heterocycles.